The molecule has 0 aliphatic heterocycles. The molecule has 0 aromatic heterocycles. The zero-order valence-electron chi connectivity index (χ0n) is 9.65. The van der Waals surface area contributed by atoms with E-state index in [0.717, 1.165) is 0 Å². The molecule has 96 valence electrons. The van der Waals surface area contributed by atoms with Crippen LogP contribution in [0.25, 0.3) is 0 Å². The van der Waals surface area contributed by atoms with E-state index in [2.05, 4.69) is 0 Å². The third-order valence-electron chi connectivity index (χ3n) is 2.33. The van der Waals surface area contributed by atoms with Crippen molar-refractivity contribution in [1.29, 1.82) is 0 Å². The SMILES string of the molecule is COCCS(=O)(=O)Cc1ccc(CN)cc1F. The van der Waals surface area contributed by atoms with Crippen LogP contribution < -0.4 is 5.73 Å². The molecular weight excluding hydrogens is 245 g/mol. The summed E-state index contributed by atoms with van der Waals surface area (Å²) in [6.45, 7) is 0.346. The van der Waals surface area contributed by atoms with Crippen molar-refractivity contribution in [3.05, 3.63) is 35.1 Å². The van der Waals surface area contributed by atoms with E-state index in [-0.39, 0.29) is 30.2 Å². The van der Waals surface area contributed by atoms with Gasteiger partial charge in [0.15, 0.2) is 9.84 Å². The molecule has 17 heavy (non-hydrogen) atoms. The number of halogens is 1. The molecular formula is C11H16FNO3S. The third kappa shape index (κ3) is 4.41. The van der Waals surface area contributed by atoms with E-state index in [0.29, 0.717) is 5.56 Å². The number of methoxy groups -OCH3 is 1. The molecule has 0 bridgehead atoms. The summed E-state index contributed by atoms with van der Waals surface area (Å²) in [7, 11) is -1.91. The Hall–Kier alpha value is -0.980. The number of rotatable bonds is 6. The van der Waals surface area contributed by atoms with Gasteiger partial charge in [-0.05, 0) is 11.6 Å². The molecule has 1 aromatic rings. The standard InChI is InChI=1S/C11H16FNO3S/c1-16-4-5-17(14,15)8-10-3-2-9(7-13)6-11(10)12/h2-3,6H,4-5,7-8,13H2,1H3. The maximum Gasteiger partial charge on any atom is 0.156 e. The zero-order valence-corrected chi connectivity index (χ0v) is 10.5. The van der Waals surface area contributed by atoms with E-state index in [1.165, 1.54) is 19.2 Å². The van der Waals surface area contributed by atoms with Gasteiger partial charge in [-0.2, -0.15) is 0 Å². The summed E-state index contributed by atoms with van der Waals surface area (Å²) in [4.78, 5) is 0. The van der Waals surface area contributed by atoms with Gasteiger partial charge < -0.3 is 10.5 Å². The molecule has 4 nitrogen and oxygen atoms in total. The Bertz CT molecular complexity index is 474. The molecule has 6 heteroatoms. The van der Waals surface area contributed by atoms with E-state index < -0.39 is 15.7 Å². The van der Waals surface area contributed by atoms with Crippen molar-refractivity contribution < 1.29 is 17.5 Å². The second kappa shape index (κ2) is 6.09. The van der Waals surface area contributed by atoms with Crippen LogP contribution in [0.15, 0.2) is 18.2 Å². The molecule has 0 unspecified atom stereocenters. The Labute approximate surface area is 101 Å². The highest BCUT2D eigenvalue weighted by Gasteiger charge is 2.14. The van der Waals surface area contributed by atoms with Crippen LogP contribution in [0.4, 0.5) is 4.39 Å². The Balaban J connectivity index is 2.81. The van der Waals surface area contributed by atoms with Crippen LogP contribution in [-0.2, 0) is 26.9 Å². The van der Waals surface area contributed by atoms with Crippen LogP contribution in [0.5, 0.6) is 0 Å². The van der Waals surface area contributed by atoms with Crippen molar-refractivity contribution in [3.8, 4) is 0 Å². The minimum Gasteiger partial charge on any atom is -0.384 e. The number of hydrogen-bond acceptors (Lipinski definition) is 4. The minimum absolute atomic E-state index is 0.110. The second-order valence-corrected chi connectivity index (χ2v) is 5.90. The second-order valence-electron chi connectivity index (χ2n) is 3.71. The first-order chi connectivity index (χ1) is 7.98. The van der Waals surface area contributed by atoms with Crippen LogP contribution >= 0.6 is 0 Å². The lowest BCUT2D eigenvalue weighted by Gasteiger charge is -2.06. The van der Waals surface area contributed by atoms with Crippen molar-refractivity contribution in [2.75, 3.05) is 19.5 Å². The van der Waals surface area contributed by atoms with Crippen LogP contribution in [-0.4, -0.2) is 27.9 Å². The quantitative estimate of drug-likeness (QED) is 0.824. The lowest BCUT2D eigenvalue weighted by molar-refractivity contribution is 0.217. The van der Waals surface area contributed by atoms with Crippen LogP contribution in [0.3, 0.4) is 0 Å². The maximum absolute atomic E-state index is 13.5. The number of ether oxygens (including phenoxy) is 1. The van der Waals surface area contributed by atoms with Crippen LogP contribution in [0, 0.1) is 5.82 Å². The summed E-state index contributed by atoms with van der Waals surface area (Å²) in [6, 6.07) is 4.35. The first-order valence-electron chi connectivity index (χ1n) is 5.15. The Morgan fingerprint density at radius 1 is 1.41 bits per heavy atom. The molecule has 0 saturated carbocycles. The number of benzene rings is 1. The molecule has 0 aliphatic carbocycles. The number of nitrogens with two attached hydrogens (primary N) is 1. The third-order valence-corrected chi connectivity index (χ3v) is 3.87. The van der Waals surface area contributed by atoms with Crippen LogP contribution in [0.1, 0.15) is 11.1 Å². The van der Waals surface area contributed by atoms with Gasteiger partial charge in [0.2, 0.25) is 0 Å². The van der Waals surface area contributed by atoms with E-state index in [1.54, 1.807) is 6.07 Å². The van der Waals surface area contributed by atoms with Gasteiger partial charge in [0.25, 0.3) is 0 Å². The molecule has 0 spiro atoms. The predicted octanol–water partition coefficient (Wildman–Crippen LogP) is 0.846. The first-order valence-corrected chi connectivity index (χ1v) is 6.97. The van der Waals surface area contributed by atoms with Crippen molar-refractivity contribution in [1.82, 2.24) is 0 Å². The molecule has 1 rings (SSSR count). The molecule has 0 radical (unpaired) electrons. The van der Waals surface area contributed by atoms with E-state index in [9.17, 15) is 12.8 Å². The van der Waals surface area contributed by atoms with Gasteiger partial charge in [-0.15, -0.1) is 0 Å². The monoisotopic (exact) mass is 261 g/mol. The average molecular weight is 261 g/mol. The Kier molecular flexibility index (Phi) is 5.04. The van der Waals surface area contributed by atoms with Crippen molar-refractivity contribution in [3.63, 3.8) is 0 Å². The lowest BCUT2D eigenvalue weighted by atomic mass is 10.1. The Morgan fingerprint density at radius 2 is 2.12 bits per heavy atom. The van der Waals surface area contributed by atoms with E-state index >= 15 is 0 Å². The molecule has 0 aliphatic rings. The summed E-state index contributed by atoms with van der Waals surface area (Å²) in [6.07, 6.45) is 0. The van der Waals surface area contributed by atoms with Gasteiger partial charge in [-0.1, -0.05) is 12.1 Å². The molecule has 0 saturated heterocycles. The van der Waals surface area contributed by atoms with Gasteiger partial charge in [0, 0.05) is 19.2 Å². The molecule has 1 aromatic carbocycles. The number of sulfone groups is 1. The van der Waals surface area contributed by atoms with Gasteiger partial charge >= 0.3 is 0 Å². The summed E-state index contributed by atoms with van der Waals surface area (Å²) < 4.78 is 41.4. The molecule has 0 atom stereocenters. The fourth-order valence-corrected chi connectivity index (χ4v) is 2.63. The normalized spacial score (nSPS) is 11.7. The highest BCUT2D eigenvalue weighted by Crippen LogP contribution is 2.14. The molecule has 0 amide bonds. The summed E-state index contributed by atoms with van der Waals surface area (Å²) >= 11 is 0. The summed E-state index contributed by atoms with van der Waals surface area (Å²) in [5.74, 6) is -0.955. The van der Waals surface area contributed by atoms with Crippen LogP contribution in [0.2, 0.25) is 0 Å². The van der Waals surface area contributed by atoms with Crippen molar-refractivity contribution >= 4 is 9.84 Å². The highest BCUT2D eigenvalue weighted by molar-refractivity contribution is 7.90. The zero-order chi connectivity index (χ0) is 12.9. The van der Waals surface area contributed by atoms with Crippen molar-refractivity contribution in [2.24, 2.45) is 5.73 Å². The number of hydrogen-bond donors (Lipinski definition) is 1. The fraction of sp³-hybridized carbons (Fsp3) is 0.455. The van der Waals surface area contributed by atoms with Crippen molar-refractivity contribution in [2.45, 2.75) is 12.3 Å². The van der Waals surface area contributed by atoms with Gasteiger partial charge in [-0.25, -0.2) is 12.8 Å². The first kappa shape index (κ1) is 14.1. The van der Waals surface area contributed by atoms with E-state index in [4.69, 9.17) is 10.5 Å². The molecule has 2 N–H and O–H groups in total. The topological polar surface area (TPSA) is 69.4 Å². The Morgan fingerprint density at radius 3 is 2.65 bits per heavy atom. The summed E-state index contributed by atoms with van der Waals surface area (Å²) in [5, 5.41) is 0. The van der Waals surface area contributed by atoms with Gasteiger partial charge in [-0.3, -0.25) is 0 Å². The molecule has 0 heterocycles. The summed E-state index contributed by atoms with van der Waals surface area (Å²) in [5.41, 5.74) is 6.16. The lowest BCUT2D eigenvalue weighted by Crippen LogP contribution is -2.14. The predicted molar refractivity (Wildman–Crippen MR) is 63.7 cm³/mol. The smallest absolute Gasteiger partial charge is 0.156 e. The van der Waals surface area contributed by atoms with Gasteiger partial charge in [0.05, 0.1) is 18.1 Å². The highest BCUT2D eigenvalue weighted by atomic mass is 32.2. The molecule has 0 fully saturated rings. The van der Waals surface area contributed by atoms with E-state index in [1.807, 2.05) is 0 Å². The maximum atomic E-state index is 13.5. The largest absolute Gasteiger partial charge is 0.384 e. The minimum atomic E-state index is -3.34. The fourth-order valence-electron chi connectivity index (χ4n) is 1.35. The average Bonchev–Trinajstić information content (AvgIpc) is 2.29. The van der Waals surface area contributed by atoms with Gasteiger partial charge in [0.1, 0.15) is 5.82 Å².